The number of hydrogen-bond donors (Lipinski definition) is 1. The van der Waals surface area contributed by atoms with Crippen LogP contribution in [0.4, 0.5) is 5.95 Å². The Kier molecular flexibility index (Phi) is 3.27. The molecule has 1 heterocycles. The molecule has 0 spiro atoms. The van der Waals surface area contributed by atoms with E-state index in [0.29, 0.717) is 17.2 Å². The minimum Gasteiger partial charge on any atom is -0.368 e. The zero-order valence-corrected chi connectivity index (χ0v) is 11.1. The van der Waals surface area contributed by atoms with E-state index in [0.717, 1.165) is 11.1 Å². The van der Waals surface area contributed by atoms with E-state index in [4.69, 9.17) is 11.0 Å². The Bertz CT molecular complexity index is 804. The van der Waals surface area contributed by atoms with Gasteiger partial charge in [-0.15, -0.1) is 0 Å². The number of nitrogens with two attached hydrogens (primary N) is 1. The van der Waals surface area contributed by atoms with Crippen molar-refractivity contribution in [2.75, 3.05) is 5.73 Å². The van der Waals surface area contributed by atoms with E-state index >= 15 is 0 Å². The van der Waals surface area contributed by atoms with Crippen LogP contribution in [0.25, 0.3) is 22.8 Å². The van der Waals surface area contributed by atoms with Crippen LogP contribution in [0.5, 0.6) is 0 Å². The highest BCUT2D eigenvalue weighted by atomic mass is 15.1. The Morgan fingerprint density at radius 2 is 1.33 bits per heavy atom. The quantitative estimate of drug-likeness (QED) is 0.775. The normalized spacial score (nSPS) is 10.0. The van der Waals surface area contributed by atoms with Crippen LogP contribution in [0.2, 0.25) is 0 Å². The van der Waals surface area contributed by atoms with Crippen molar-refractivity contribution >= 4 is 5.95 Å². The second kappa shape index (κ2) is 5.39. The lowest BCUT2D eigenvalue weighted by Crippen LogP contribution is -2.02. The van der Waals surface area contributed by atoms with Crippen LogP contribution >= 0.6 is 0 Å². The average Bonchev–Trinajstić information content (AvgIpc) is 2.55. The summed E-state index contributed by atoms with van der Waals surface area (Å²) in [7, 11) is 0. The second-order valence-electron chi connectivity index (χ2n) is 4.40. The van der Waals surface area contributed by atoms with E-state index in [-0.39, 0.29) is 5.95 Å². The number of nitrogens with zero attached hydrogens (tertiary/aromatic N) is 4. The fourth-order valence-corrected chi connectivity index (χ4v) is 1.93. The van der Waals surface area contributed by atoms with Gasteiger partial charge in [-0.2, -0.15) is 15.2 Å². The van der Waals surface area contributed by atoms with Crippen molar-refractivity contribution in [1.29, 1.82) is 5.26 Å². The standard InChI is InChI=1S/C16H11N5/c17-10-11-6-8-13(9-7-11)15-19-14(20-16(18)21-15)12-4-2-1-3-5-12/h1-9H,(H2,18,19,20,21). The van der Waals surface area contributed by atoms with Gasteiger partial charge < -0.3 is 5.73 Å². The average molecular weight is 273 g/mol. The molecule has 21 heavy (non-hydrogen) atoms. The monoisotopic (exact) mass is 273 g/mol. The summed E-state index contributed by atoms with van der Waals surface area (Å²) in [5, 5.41) is 8.82. The van der Waals surface area contributed by atoms with Crippen LogP contribution < -0.4 is 5.73 Å². The third-order valence-corrected chi connectivity index (χ3v) is 2.96. The van der Waals surface area contributed by atoms with Crippen molar-refractivity contribution in [3.05, 3.63) is 60.2 Å². The summed E-state index contributed by atoms with van der Waals surface area (Å²) in [6, 6.07) is 18.7. The molecule has 0 saturated carbocycles. The highest BCUT2D eigenvalue weighted by Gasteiger charge is 2.08. The van der Waals surface area contributed by atoms with Gasteiger partial charge >= 0.3 is 0 Å². The molecule has 1 aromatic heterocycles. The first-order chi connectivity index (χ1) is 10.3. The number of hydrogen-bond acceptors (Lipinski definition) is 5. The molecule has 0 saturated heterocycles. The summed E-state index contributed by atoms with van der Waals surface area (Å²) in [6.07, 6.45) is 0. The highest BCUT2D eigenvalue weighted by molar-refractivity contribution is 5.62. The third kappa shape index (κ3) is 2.69. The zero-order valence-electron chi connectivity index (χ0n) is 11.1. The Morgan fingerprint density at radius 3 is 1.90 bits per heavy atom. The molecule has 0 unspecified atom stereocenters. The van der Waals surface area contributed by atoms with Crippen molar-refractivity contribution in [3.63, 3.8) is 0 Å². The van der Waals surface area contributed by atoms with Gasteiger partial charge in [-0.05, 0) is 24.3 Å². The van der Waals surface area contributed by atoms with Gasteiger partial charge in [0.1, 0.15) is 0 Å². The molecule has 0 bridgehead atoms. The summed E-state index contributed by atoms with van der Waals surface area (Å²) in [5.74, 6) is 1.19. The number of aromatic nitrogens is 3. The zero-order chi connectivity index (χ0) is 14.7. The number of anilines is 1. The van der Waals surface area contributed by atoms with E-state index in [1.807, 2.05) is 30.3 Å². The molecule has 5 heteroatoms. The van der Waals surface area contributed by atoms with Crippen LogP contribution in [-0.4, -0.2) is 15.0 Å². The van der Waals surface area contributed by atoms with E-state index in [1.165, 1.54) is 0 Å². The first kappa shape index (κ1) is 12.8. The van der Waals surface area contributed by atoms with E-state index in [9.17, 15) is 0 Å². The molecule has 3 aromatic rings. The van der Waals surface area contributed by atoms with Crippen LogP contribution in [0.15, 0.2) is 54.6 Å². The number of nitriles is 1. The summed E-state index contributed by atoms with van der Waals surface area (Å²) in [4.78, 5) is 12.8. The topological polar surface area (TPSA) is 88.5 Å². The van der Waals surface area contributed by atoms with Crippen molar-refractivity contribution in [3.8, 4) is 28.8 Å². The van der Waals surface area contributed by atoms with Gasteiger partial charge in [0.05, 0.1) is 11.6 Å². The van der Waals surface area contributed by atoms with Crippen LogP contribution in [0.1, 0.15) is 5.56 Å². The van der Waals surface area contributed by atoms with Crippen molar-refractivity contribution in [1.82, 2.24) is 15.0 Å². The molecule has 2 N–H and O–H groups in total. The minimum atomic E-state index is 0.170. The van der Waals surface area contributed by atoms with Gasteiger partial charge in [0, 0.05) is 11.1 Å². The maximum absolute atomic E-state index is 8.82. The van der Waals surface area contributed by atoms with Crippen molar-refractivity contribution in [2.45, 2.75) is 0 Å². The third-order valence-electron chi connectivity index (χ3n) is 2.96. The van der Waals surface area contributed by atoms with Gasteiger partial charge in [0.2, 0.25) is 5.95 Å². The van der Waals surface area contributed by atoms with Gasteiger partial charge in [-0.25, -0.2) is 4.98 Å². The Morgan fingerprint density at radius 1 is 0.762 bits per heavy atom. The van der Waals surface area contributed by atoms with E-state index in [1.54, 1.807) is 24.3 Å². The predicted octanol–water partition coefficient (Wildman–Crippen LogP) is 2.66. The SMILES string of the molecule is N#Cc1ccc(-c2nc(N)nc(-c3ccccc3)n2)cc1. The first-order valence-electron chi connectivity index (χ1n) is 6.34. The maximum Gasteiger partial charge on any atom is 0.224 e. The maximum atomic E-state index is 8.82. The van der Waals surface area contributed by atoms with Crippen molar-refractivity contribution < 1.29 is 0 Å². The molecule has 0 aliphatic carbocycles. The predicted molar refractivity (Wildman–Crippen MR) is 79.8 cm³/mol. The molecule has 0 radical (unpaired) electrons. The summed E-state index contributed by atoms with van der Waals surface area (Å²) in [6.45, 7) is 0. The molecule has 0 fully saturated rings. The highest BCUT2D eigenvalue weighted by Crippen LogP contribution is 2.20. The molecular formula is C16H11N5. The molecule has 2 aromatic carbocycles. The molecule has 100 valence electrons. The molecule has 3 rings (SSSR count). The van der Waals surface area contributed by atoms with Gasteiger partial charge in [-0.1, -0.05) is 30.3 Å². The molecule has 0 amide bonds. The largest absolute Gasteiger partial charge is 0.368 e. The molecular weight excluding hydrogens is 262 g/mol. The molecule has 0 aliphatic heterocycles. The van der Waals surface area contributed by atoms with Crippen LogP contribution in [0.3, 0.4) is 0 Å². The van der Waals surface area contributed by atoms with E-state index < -0.39 is 0 Å². The molecule has 0 atom stereocenters. The first-order valence-corrected chi connectivity index (χ1v) is 6.34. The van der Waals surface area contributed by atoms with Crippen molar-refractivity contribution in [2.24, 2.45) is 0 Å². The summed E-state index contributed by atoms with van der Waals surface area (Å²) in [5.41, 5.74) is 8.03. The lowest BCUT2D eigenvalue weighted by atomic mass is 10.1. The summed E-state index contributed by atoms with van der Waals surface area (Å²) >= 11 is 0. The minimum absolute atomic E-state index is 0.170. The van der Waals surface area contributed by atoms with Crippen LogP contribution in [0, 0.1) is 11.3 Å². The van der Waals surface area contributed by atoms with Gasteiger partial charge in [0.15, 0.2) is 11.6 Å². The lowest BCUT2D eigenvalue weighted by Gasteiger charge is -2.05. The van der Waals surface area contributed by atoms with Gasteiger partial charge in [-0.3, -0.25) is 0 Å². The number of benzene rings is 2. The van der Waals surface area contributed by atoms with Crippen LogP contribution in [-0.2, 0) is 0 Å². The fraction of sp³-hybridized carbons (Fsp3) is 0. The number of nitrogen functional groups attached to an aromatic ring is 1. The van der Waals surface area contributed by atoms with E-state index in [2.05, 4.69) is 21.0 Å². The Labute approximate surface area is 121 Å². The molecule has 5 nitrogen and oxygen atoms in total. The number of rotatable bonds is 2. The Balaban J connectivity index is 2.07. The smallest absolute Gasteiger partial charge is 0.224 e. The molecule has 0 aliphatic rings. The Hall–Kier alpha value is -3.26. The lowest BCUT2D eigenvalue weighted by molar-refractivity contribution is 1.08. The second-order valence-corrected chi connectivity index (χ2v) is 4.40. The summed E-state index contributed by atoms with van der Waals surface area (Å²) < 4.78 is 0. The van der Waals surface area contributed by atoms with Gasteiger partial charge in [0.25, 0.3) is 0 Å². The fourth-order valence-electron chi connectivity index (χ4n) is 1.93.